The van der Waals surface area contributed by atoms with Crippen LogP contribution in [0, 0.1) is 0 Å². The summed E-state index contributed by atoms with van der Waals surface area (Å²) in [5, 5.41) is 6.54. The molecule has 0 bridgehead atoms. The predicted octanol–water partition coefficient (Wildman–Crippen LogP) is 1.97. The zero-order valence-electron chi connectivity index (χ0n) is 11.6. The quantitative estimate of drug-likeness (QED) is 0.714. The highest BCUT2D eigenvalue weighted by Gasteiger charge is 2.27. The average Bonchev–Trinajstić information content (AvgIpc) is 3.19. The summed E-state index contributed by atoms with van der Waals surface area (Å²) in [5.74, 6) is 3.98. The topological polar surface area (TPSA) is 66.9 Å². The number of aromatic nitrogens is 2. The number of hydrogen-bond acceptors (Lipinski definition) is 5. The molecule has 2 rings (SSSR count). The number of hydrogen-bond donors (Lipinski definition) is 2. The van der Waals surface area contributed by atoms with Gasteiger partial charge in [0, 0.05) is 47.9 Å². The third-order valence-corrected chi connectivity index (χ3v) is 3.82. The van der Waals surface area contributed by atoms with Crippen molar-refractivity contribution in [2.75, 3.05) is 35.7 Å². The molecule has 0 amide bonds. The van der Waals surface area contributed by atoms with E-state index in [4.69, 9.17) is 0 Å². The van der Waals surface area contributed by atoms with E-state index in [1.165, 1.54) is 12.8 Å². The van der Waals surface area contributed by atoms with Crippen molar-refractivity contribution in [3.63, 3.8) is 0 Å². The van der Waals surface area contributed by atoms with Crippen LogP contribution in [0.15, 0.2) is 6.07 Å². The lowest BCUT2D eigenvalue weighted by atomic mass is 10.3. The molecule has 1 aliphatic rings. The van der Waals surface area contributed by atoms with Crippen molar-refractivity contribution in [2.45, 2.75) is 32.1 Å². The Balaban J connectivity index is 1.95. The number of nitrogens with zero attached hydrogens (tertiary/aromatic N) is 2. The van der Waals surface area contributed by atoms with E-state index in [1.54, 1.807) is 6.26 Å². The highest BCUT2D eigenvalue weighted by Crippen LogP contribution is 2.38. The predicted molar refractivity (Wildman–Crippen MR) is 80.2 cm³/mol. The zero-order valence-corrected chi connectivity index (χ0v) is 12.4. The molecule has 1 heterocycles. The van der Waals surface area contributed by atoms with E-state index in [-0.39, 0.29) is 0 Å². The monoisotopic (exact) mass is 282 g/mol. The van der Waals surface area contributed by atoms with Crippen molar-refractivity contribution in [3.05, 3.63) is 11.9 Å². The summed E-state index contributed by atoms with van der Waals surface area (Å²) >= 11 is 0. The summed E-state index contributed by atoms with van der Waals surface area (Å²) in [5.41, 5.74) is 0. The van der Waals surface area contributed by atoms with Crippen molar-refractivity contribution in [1.82, 2.24) is 9.97 Å². The number of nitrogens with one attached hydrogen (secondary N) is 2. The molecule has 1 atom stereocenters. The third-order valence-electron chi connectivity index (χ3n) is 2.96. The Bertz CT molecular complexity index is 448. The molecule has 0 spiro atoms. The third kappa shape index (κ3) is 4.78. The van der Waals surface area contributed by atoms with Crippen LogP contribution >= 0.6 is 0 Å². The van der Waals surface area contributed by atoms with E-state index in [0.29, 0.717) is 5.92 Å². The Labute approximate surface area is 117 Å². The lowest BCUT2D eigenvalue weighted by Gasteiger charge is -2.10. The average molecular weight is 282 g/mol. The standard InChI is InChI=1S/C13H22N4OS/c1-3-14-11-9-12(15-7-4-8-19(2)18)17-13(16-11)10-5-6-10/h9-10H,3-8H2,1-2H3,(H2,14,15,16,17). The van der Waals surface area contributed by atoms with Gasteiger partial charge in [0.05, 0.1) is 0 Å². The molecule has 1 aromatic heterocycles. The highest BCUT2D eigenvalue weighted by molar-refractivity contribution is 7.84. The van der Waals surface area contributed by atoms with E-state index in [9.17, 15) is 4.21 Å². The lowest BCUT2D eigenvalue weighted by Crippen LogP contribution is -2.10. The van der Waals surface area contributed by atoms with Crippen LogP contribution in [0.3, 0.4) is 0 Å². The van der Waals surface area contributed by atoms with Crippen LogP contribution in [-0.2, 0) is 10.8 Å². The maximum Gasteiger partial charge on any atom is 0.136 e. The molecular formula is C13H22N4OS. The normalized spacial score (nSPS) is 16.1. The van der Waals surface area contributed by atoms with E-state index >= 15 is 0 Å². The summed E-state index contributed by atoms with van der Waals surface area (Å²) in [6, 6.07) is 1.94. The SMILES string of the molecule is CCNc1cc(NCCCS(C)=O)nc(C2CC2)n1. The molecule has 0 radical (unpaired) electrons. The van der Waals surface area contributed by atoms with Crippen LogP contribution < -0.4 is 10.6 Å². The van der Waals surface area contributed by atoms with Crippen molar-refractivity contribution in [1.29, 1.82) is 0 Å². The van der Waals surface area contributed by atoms with Gasteiger partial charge in [-0.3, -0.25) is 4.21 Å². The Morgan fingerprint density at radius 3 is 2.58 bits per heavy atom. The smallest absolute Gasteiger partial charge is 0.136 e. The van der Waals surface area contributed by atoms with Crippen molar-refractivity contribution in [2.24, 2.45) is 0 Å². The van der Waals surface area contributed by atoms with Crippen LogP contribution in [-0.4, -0.2) is 39.3 Å². The summed E-state index contributed by atoms with van der Waals surface area (Å²) in [4.78, 5) is 9.09. The van der Waals surface area contributed by atoms with Gasteiger partial charge in [-0.05, 0) is 26.2 Å². The Kier molecular flexibility index (Phi) is 5.13. The second-order valence-electron chi connectivity index (χ2n) is 4.86. The van der Waals surface area contributed by atoms with Gasteiger partial charge in [0.15, 0.2) is 0 Å². The van der Waals surface area contributed by atoms with Gasteiger partial charge in [-0.25, -0.2) is 9.97 Å². The van der Waals surface area contributed by atoms with Crippen LogP contribution in [0.4, 0.5) is 11.6 Å². The first-order valence-corrected chi connectivity index (χ1v) is 8.58. The fraction of sp³-hybridized carbons (Fsp3) is 0.692. The highest BCUT2D eigenvalue weighted by atomic mass is 32.2. The Morgan fingerprint density at radius 2 is 2.00 bits per heavy atom. The first kappa shape index (κ1) is 14.2. The summed E-state index contributed by atoms with van der Waals surface area (Å²) < 4.78 is 11.0. The first-order chi connectivity index (χ1) is 9.19. The van der Waals surface area contributed by atoms with Gasteiger partial charge in [0.2, 0.25) is 0 Å². The second-order valence-corrected chi connectivity index (χ2v) is 6.41. The molecule has 1 saturated carbocycles. The summed E-state index contributed by atoms with van der Waals surface area (Å²) in [7, 11) is -0.718. The molecule has 0 saturated heterocycles. The van der Waals surface area contributed by atoms with Gasteiger partial charge in [0.25, 0.3) is 0 Å². The summed E-state index contributed by atoms with van der Waals surface area (Å²) in [6.45, 7) is 3.71. The van der Waals surface area contributed by atoms with E-state index in [0.717, 1.165) is 42.7 Å². The molecule has 19 heavy (non-hydrogen) atoms. The minimum absolute atomic E-state index is 0.544. The fourth-order valence-electron chi connectivity index (χ4n) is 1.84. The molecule has 1 unspecified atom stereocenters. The molecule has 5 nitrogen and oxygen atoms in total. The van der Waals surface area contributed by atoms with Crippen LogP contribution in [0.5, 0.6) is 0 Å². The van der Waals surface area contributed by atoms with Gasteiger partial charge < -0.3 is 10.6 Å². The van der Waals surface area contributed by atoms with Gasteiger partial charge in [-0.2, -0.15) is 0 Å². The lowest BCUT2D eigenvalue weighted by molar-refractivity contribution is 0.685. The zero-order chi connectivity index (χ0) is 13.7. The van der Waals surface area contributed by atoms with Gasteiger partial charge >= 0.3 is 0 Å². The number of rotatable bonds is 8. The van der Waals surface area contributed by atoms with Crippen molar-refractivity contribution in [3.8, 4) is 0 Å². The van der Waals surface area contributed by atoms with Crippen LogP contribution in [0.25, 0.3) is 0 Å². The maximum atomic E-state index is 11.0. The largest absolute Gasteiger partial charge is 0.370 e. The second kappa shape index (κ2) is 6.84. The summed E-state index contributed by atoms with van der Waals surface area (Å²) in [6.07, 6.45) is 5.02. The Morgan fingerprint density at radius 1 is 1.32 bits per heavy atom. The molecule has 6 heteroatoms. The van der Waals surface area contributed by atoms with E-state index in [1.807, 2.05) is 6.07 Å². The molecule has 1 aliphatic carbocycles. The fourth-order valence-corrected chi connectivity index (χ4v) is 2.39. The van der Waals surface area contributed by atoms with Crippen molar-refractivity contribution >= 4 is 22.4 Å². The van der Waals surface area contributed by atoms with Crippen molar-refractivity contribution < 1.29 is 4.21 Å². The van der Waals surface area contributed by atoms with Gasteiger partial charge in [-0.15, -0.1) is 0 Å². The van der Waals surface area contributed by atoms with E-state index < -0.39 is 10.8 Å². The molecule has 0 aliphatic heterocycles. The number of anilines is 2. The maximum absolute atomic E-state index is 11.0. The van der Waals surface area contributed by atoms with Crippen LogP contribution in [0.2, 0.25) is 0 Å². The van der Waals surface area contributed by atoms with E-state index in [2.05, 4.69) is 27.5 Å². The Hall–Kier alpha value is -1.17. The minimum atomic E-state index is -0.718. The molecule has 1 fully saturated rings. The molecule has 1 aromatic rings. The molecule has 106 valence electrons. The molecule has 2 N–H and O–H groups in total. The minimum Gasteiger partial charge on any atom is -0.370 e. The molecule has 0 aromatic carbocycles. The van der Waals surface area contributed by atoms with Crippen LogP contribution in [0.1, 0.15) is 37.9 Å². The molecular weight excluding hydrogens is 260 g/mol. The first-order valence-electron chi connectivity index (χ1n) is 6.85. The van der Waals surface area contributed by atoms with Gasteiger partial charge in [0.1, 0.15) is 17.5 Å². The van der Waals surface area contributed by atoms with Gasteiger partial charge in [-0.1, -0.05) is 0 Å².